The molecule has 2 N–H and O–H groups in total. The number of methoxy groups -OCH3 is 1. The first-order chi connectivity index (χ1) is 10.7. The van der Waals surface area contributed by atoms with E-state index >= 15 is 0 Å². The Morgan fingerprint density at radius 2 is 2.04 bits per heavy atom. The molecule has 0 amide bonds. The lowest BCUT2D eigenvalue weighted by atomic mass is 10.1. The Morgan fingerprint density at radius 3 is 2.57 bits per heavy atom. The molecule has 0 radical (unpaired) electrons. The Hall–Kier alpha value is -2.00. The minimum Gasteiger partial charge on any atom is -0.480 e. The predicted molar refractivity (Wildman–Crippen MR) is 79.0 cm³/mol. The largest absolute Gasteiger partial charge is 0.480 e. The van der Waals surface area contributed by atoms with Crippen LogP contribution in [0.2, 0.25) is 0 Å². The number of carbonyl (C=O) groups is 2. The summed E-state index contributed by atoms with van der Waals surface area (Å²) >= 11 is 0. The first-order valence-corrected chi connectivity index (χ1v) is 8.34. The van der Waals surface area contributed by atoms with Crippen LogP contribution in [-0.2, 0) is 19.6 Å². The zero-order valence-corrected chi connectivity index (χ0v) is 13.5. The van der Waals surface area contributed by atoms with Crippen molar-refractivity contribution in [3.8, 4) is 0 Å². The molecule has 1 atom stereocenters. The number of carboxylic acids is 1. The highest BCUT2D eigenvalue weighted by atomic mass is 32.2. The van der Waals surface area contributed by atoms with Crippen molar-refractivity contribution in [1.82, 2.24) is 4.72 Å². The van der Waals surface area contributed by atoms with E-state index in [1.54, 1.807) is 0 Å². The van der Waals surface area contributed by atoms with Gasteiger partial charge in [0.25, 0.3) is 0 Å². The lowest BCUT2D eigenvalue weighted by Crippen LogP contribution is -2.41. The van der Waals surface area contributed by atoms with E-state index in [1.807, 2.05) is 11.6 Å². The topological polar surface area (TPSA) is 110 Å². The maximum Gasteiger partial charge on any atom is 0.342 e. The van der Waals surface area contributed by atoms with E-state index in [2.05, 4.69) is 4.74 Å². The van der Waals surface area contributed by atoms with Crippen molar-refractivity contribution in [3.63, 3.8) is 0 Å². The van der Waals surface area contributed by atoms with Crippen molar-refractivity contribution < 1.29 is 32.2 Å². The molecule has 0 saturated heterocycles. The average molecular weight is 347 g/mol. The van der Waals surface area contributed by atoms with Gasteiger partial charge in [0.1, 0.15) is 17.4 Å². The van der Waals surface area contributed by atoms with Gasteiger partial charge < -0.3 is 9.84 Å². The molecule has 1 aromatic rings. The molecular formula is C14H18FNO6S. The third-order valence-corrected chi connectivity index (χ3v) is 4.61. The Balaban J connectivity index is 3.25. The number of ether oxygens (including phenoxy) is 1. The van der Waals surface area contributed by atoms with Crippen LogP contribution in [0.5, 0.6) is 0 Å². The maximum atomic E-state index is 13.8. The number of esters is 1. The summed E-state index contributed by atoms with van der Waals surface area (Å²) in [5.41, 5.74) is -0.762. The molecule has 7 nitrogen and oxygen atoms in total. The van der Waals surface area contributed by atoms with Gasteiger partial charge in [-0.25, -0.2) is 17.6 Å². The highest BCUT2D eigenvalue weighted by molar-refractivity contribution is 7.89. The quantitative estimate of drug-likeness (QED) is 0.690. The molecular weight excluding hydrogens is 329 g/mol. The first kappa shape index (κ1) is 19.0. The second-order valence-corrected chi connectivity index (χ2v) is 6.44. The van der Waals surface area contributed by atoms with Crippen LogP contribution in [0.3, 0.4) is 0 Å². The summed E-state index contributed by atoms with van der Waals surface area (Å²) in [5.74, 6) is -3.58. The number of carboxylic acid groups (broad SMARTS) is 1. The molecule has 1 rings (SSSR count). The molecule has 0 fully saturated rings. The molecule has 128 valence electrons. The van der Waals surface area contributed by atoms with Crippen molar-refractivity contribution in [1.29, 1.82) is 0 Å². The highest BCUT2D eigenvalue weighted by Crippen LogP contribution is 2.20. The minimum absolute atomic E-state index is 0.0773. The van der Waals surface area contributed by atoms with Crippen LogP contribution in [0.1, 0.15) is 36.5 Å². The number of benzene rings is 1. The molecule has 0 spiro atoms. The van der Waals surface area contributed by atoms with Gasteiger partial charge in [-0.15, -0.1) is 0 Å². The normalized spacial score (nSPS) is 12.7. The number of halogens is 1. The van der Waals surface area contributed by atoms with Crippen LogP contribution < -0.4 is 4.72 Å². The first-order valence-electron chi connectivity index (χ1n) is 6.86. The highest BCUT2D eigenvalue weighted by Gasteiger charge is 2.30. The summed E-state index contributed by atoms with van der Waals surface area (Å²) in [6.07, 6.45) is 1.25. The number of nitrogens with one attached hydrogen (secondary N) is 1. The van der Waals surface area contributed by atoms with Gasteiger partial charge in [-0.3, -0.25) is 4.79 Å². The Kier molecular flexibility index (Phi) is 6.64. The van der Waals surface area contributed by atoms with Crippen LogP contribution in [0.25, 0.3) is 0 Å². The van der Waals surface area contributed by atoms with Crippen molar-refractivity contribution in [2.24, 2.45) is 0 Å². The van der Waals surface area contributed by atoms with Crippen LogP contribution in [0.4, 0.5) is 4.39 Å². The molecule has 0 heterocycles. The number of unbranched alkanes of at least 4 members (excludes halogenated alkanes) is 1. The molecule has 0 aliphatic carbocycles. The monoisotopic (exact) mass is 347 g/mol. The van der Waals surface area contributed by atoms with Gasteiger partial charge in [0, 0.05) is 0 Å². The number of aliphatic carboxylic acids is 1. The fourth-order valence-corrected chi connectivity index (χ4v) is 3.35. The fraction of sp³-hybridized carbons (Fsp3) is 0.429. The summed E-state index contributed by atoms with van der Waals surface area (Å²) in [4.78, 5) is 22.1. The minimum atomic E-state index is -4.41. The molecule has 0 aliphatic rings. The molecule has 0 aliphatic heterocycles. The Morgan fingerprint density at radius 1 is 1.39 bits per heavy atom. The number of sulfonamides is 1. The summed E-state index contributed by atoms with van der Waals surface area (Å²) in [6.45, 7) is 1.83. The van der Waals surface area contributed by atoms with E-state index in [4.69, 9.17) is 5.11 Å². The Bertz CT molecular complexity index is 689. The molecule has 1 aromatic carbocycles. The Labute approximate surface area is 133 Å². The lowest BCUT2D eigenvalue weighted by molar-refractivity contribution is -0.139. The summed E-state index contributed by atoms with van der Waals surface area (Å²) in [5, 5.41) is 9.10. The summed E-state index contributed by atoms with van der Waals surface area (Å²) < 4.78 is 44.9. The van der Waals surface area contributed by atoms with Gasteiger partial charge in [-0.05, 0) is 18.6 Å². The van der Waals surface area contributed by atoms with Crippen LogP contribution in [0.15, 0.2) is 23.1 Å². The number of rotatable bonds is 8. The van der Waals surface area contributed by atoms with Gasteiger partial charge in [-0.1, -0.05) is 25.8 Å². The van der Waals surface area contributed by atoms with E-state index in [1.165, 1.54) is 0 Å². The van der Waals surface area contributed by atoms with E-state index in [0.29, 0.717) is 12.8 Å². The molecule has 0 unspecified atom stereocenters. The standard InChI is InChI=1S/C14H18FNO6S/c1-3-4-7-10(13(17)18)16-23(20,21)11-8-5-6-9(15)12(11)14(19)22-2/h5-6,8,10,16H,3-4,7H2,1-2H3,(H,17,18)/t10-/m0/s1. The van der Waals surface area contributed by atoms with Gasteiger partial charge in [0.2, 0.25) is 10.0 Å². The molecule has 23 heavy (non-hydrogen) atoms. The van der Waals surface area contributed by atoms with Gasteiger partial charge >= 0.3 is 11.9 Å². The van der Waals surface area contributed by atoms with E-state index < -0.39 is 44.3 Å². The van der Waals surface area contributed by atoms with Gasteiger partial charge in [0.05, 0.1) is 12.0 Å². The number of carbonyl (C=O) groups excluding carboxylic acids is 1. The third-order valence-electron chi connectivity index (χ3n) is 3.10. The maximum absolute atomic E-state index is 13.8. The van der Waals surface area contributed by atoms with Crippen LogP contribution >= 0.6 is 0 Å². The van der Waals surface area contributed by atoms with E-state index in [0.717, 1.165) is 25.3 Å². The fourth-order valence-electron chi connectivity index (χ4n) is 1.92. The number of hydrogen-bond donors (Lipinski definition) is 2. The smallest absolute Gasteiger partial charge is 0.342 e. The van der Waals surface area contributed by atoms with E-state index in [9.17, 15) is 22.4 Å². The zero-order chi connectivity index (χ0) is 17.6. The summed E-state index contributed by atoms with van der Waals surface area (Å²) in [7, 11) is -3.43. The van der Waals surface area contributed by atoms with Crippen molar-refractivity contribution >= 4 is 22.0 Å². The molecule has 0 bridgehead atoms. The average Bonchev–Trinajstić information content (AvgIpc) is 2.50. The van der Waals surface area contributed by atoms with Crippen molar-refractivity contribution in [2.75, 3.05) is 7.11 Å². The predicted octanol–water partition coefficient (Wildman–Crippen LogP) is 1.53. The van der Waals surface area contributed by atoms with Gasteiger partial charge in [0.15, 0.2) is 0 Å². The molecule has 9 heteroatoms. The molecule has 0 aromatic heterocycles. The third kappa shape index (κ3) is 4.73. The lowest BCUT2D eigenvalue weighted by Gasteiger charge is -2.16. The SMILES string of the molecule is CCCC[C@H](NS(=O)(=O)c1cccc(F)c1C(=O)OC)C(=O)O. The van der Waals surface area contributed by atoms with E-state index in [-0.39, 0.29) is 6.42 Å². The van der Waals surface area contributed by atoms with Crippen LogP contribution in [0, 0.1) is 5.82 Å². The summed E-state index contributed by atoms with van der Waals surface area (Å²) in [6, 6.07) is 1.67. The number of hydrogen-bond acceptors (Lipinski definition) is 5. The van der Waals surface area contributed by atoms with Gasteiger partial charge in [-0.2, -0.15) is 4.72 Å². The van der Waals surface area contributed by atoms with Crippen molar-refractivity contribution in [3.05, 3.63) is 29.6 Å². The second-order valence-electron chi connectivity index (χ2n) is 4.76. The second kappa shape index (κ2) is 8.02. The molecule has 0 saturated carbocycles. The zero-order valence-electron chi connectivity index (χ0n) is 12.7. The van der Waals surface area contributed by atoms with Crippen molar-refractivity contribution in [2.45, 2.75) is 37.1 Å². The van der Waals surface area contributed by atoms with Crippen LogP contribution in [-0.4, -0.2) is 38.6 Å².